The zero-order chi connectivity index (χ0) is 6.28. The standard InChI is InChI=1S/C2H5O.CH2O3.Ca/c1-2-3;2-1(3)4;/h2H2,1H3;(H2,2,3,4);/q-1;;+2/p-1. The third-order valence-corrected chi connectivity index (χ3v) is 0. The fourth-order valence-corrected chi connectivity index (χ4v) is 0. The average Bonchev–Trinajstić information content (AvgIpc) is 1.33. The Labute approximate surface area is 77.1 Å². The van der Waals surface area contributed by atoms with Gasteiger partial charge in [-0.15, -0.1) is 6.61 Å². The number of carboxylic acid groups (broad SMARTS) is 2. The van der Waals surface area contributed by atoms with Crippen molar-refractivity contribution in [3.8, 4) is 0 Å². The number of carbonyl (C=O) groups is 1. The van der Waals surface area contributed by atoms with Crippen LogP contribution in [0.2, 0.25) is 0 Å². The van der Waals surface area contributed by atoms with Crippen LogP contribution in [0, 0.1) is 0 Å². The molecule has 0 aliphatic carbocycles. The van der Waals surface area contributed by atoms with E-state index in [9.17, 15) is 0 Å². The first kappa shape index (κ1) is 15.8. The normalized spacial score (nSPS) is 5.25. The molecule has 5 heteroatoms. The molecule has 0 saturated heterocycles. The second-order valence-corrected chi connectivity index (χ2v) is 0.555. The molecule has 8 heavy (non-hydrogen) atoms. The van der Waals surface area contributed by atoms with Crippen LogP contribution < -0.4 is 10.2 Å². The Morgan fingerprint density at radius 2 is 1.75 bits per heavy atom. The summed E-state index contributed by atoms with van der Waals surface area (Å²) < 4.78 is 0. The quantitative estimate of drug-likeness (QED) is 0.396. The van der Waals surface area contributed by atoms with Gasteiger partial charge in [0.1, 0.15) is 0 Å². The Bertz CT molecular complexity index is 42.5. The van der Waals surface area contributed by atoms with Gasteiger partial charge in [0.25, 0.3) is 0 Å². The van der Waals surface area contributed by atoms with Gasteiger partial charge in [-0.1, -0.05) is 6.92 Å². The molecule has 0 aliphatic rings. The molecule has 0 aliphatic heterocycles. The molecule has 0 heterocycles. The van der Waals surface area contributed by atoms with E-state index < -0.39 is 6.16 Å². The van der Waals surface area contributed by atoms with Gasteiger partial charge in [-0.05, 0) is 0 Å². The van der Waals surface area contributed by atoms with Crippen LogP contribution in [0.3, 0.4) is 0 Å². The molecule has 0 aromatic carbocycles. The molecule has 44 valence electrons. The Morgan fingerprint density at radius 1 is 1.75 bits per heavy atom. The van der Waals surface area contributed by atoms with Crippen LogP contribution in [0.15, 0.2) is 0 Å². The molecule has 0 radical (unpaired) electrons. The molecule has 0 atom stereocenters. The van der Waals surface area contributed by atoms with E-state index in [4.69, 9.17) is 20.1 Å². The zero-order valence-electron chi connectivity index (χ0n) is 4.59. The first-order chi connectivity index (χ1) is 3.15. The van der Waals surface area contributed by atoms with Gasteiger partial charge in [0, 0.05) is 0 Å². The molecule has 0 unspecified atom stereocenters. The summed E-state index contributed by atoms with van der Waals surface area (Å²) in [4.78, 5) is 8.44. The Morgan fingerprint density at radius 3 is 1.75 bits per heavy atom. The summed E-state index contributed by atoms with van der Waals surface area (Å²) >= 11 is 0. The molecule has 0 fully saturated rings. The molecule has 0 aromatic heterocycles. The van der Waals surface area contributed by atoms with Crippen molar-refractivity contribution >= 4 is 43.9 Å². The van der Waals surface area contributed by atoms with Crippen molar-refractivity contribution in [3.63, 3.8) is 0 Å². The molecule has 0 amide bonds. The summed E-state index contributed by atoms with van der Waals surface area (Å²) in [6, 6.07) is 0. The molecular weight excluding hydrogens is 140 g/mol. The van der Waals surface area contributed by atoms with E-state index in [2.05, 4.69) is 0 Å². The van der Waals surface area contributed by atoms with Gasteiger partial charge in [-0.25, -0.2) is 0 Å². The smallest absolute Gasteiger partial charge is 0.855 e. The van der Waals surface area contributed by atoms with E-state index in [0.717, 1.165) is 0 Å². The summed E-state index contributed by atoms with van der Waals surface area (Å²) in [7, 11) is 0. The Balaban J connectivity index is -0.0000000575. The summed E-state index contributed by atoms with van der Waals surface area (Å²) in [5.74, 6) is 0. The van der Waals surface area contributed by atoms with Gasteiger partial charge in [0.05, 0.1) is 0 Å². The molecule has 0 bridgehead atoms. The van der Waals surface area contributed by atoms with E-state index in [-0.39, 0.29) is 44.3 Å². The summed E-state index contributed by atoms with van der Waals surface area (Å²) in [6.45, 7) is 1.57. The van der Waals surface area contributed by atoms with E-state index in [1.165, 1.54) is 0 Å². The number of hydrogen-bond donors (Lipinski definition) is 1. The predicted molar refractivity (Wildman–Crippen MR) is 24.3 cm³/mol. The third kappa shape index (κ3) is 815. The molecule has 1 N–H and O–H groups in total. The summed E-state index contributed by atoms with van der Waals surface area (Å²) in [6.07, 6.45) is -2.08. The van der Waals surface area contributed by atoms with Gasteiger partial charge in [0.2, 0.25) is 6.16 Å². The molecule has 0 rings (SSSR count). The summed E-state index contributed by atoms with van der Waals surface area (Å²) in [5, 5.41) is 24.2. The van der Waals surface area contributed by atoms with Crippen molar-refractivity contribution in [2.24, 2.45) is 0 Å². The van der Waals surface area contributed by atoms with Crippen molar-refractivity contribution in [3.05, 3.63) is 0 Å². The van der Waals surface area contributed by atoms with Crippen LogP contribution >= 0.6 is 0 Å². The Kier molecular flexibility index (Phi) is 30.9. The number of hydrogen-bond acceptors (Lipinski definition) is 3. The van der Waals surface area contributed by atoms with Crippen LogP contribution in [0.25, 0.3) is 0 Å². The van der Waals surface area contributed by atoms with Crippen molar-refractivity contribution in [2.45, 2.75) is 6.92 Å². The average molecular weight is 146 g/mol. The molecule has 0 aromatic rings. The minimum absolute atomic E-state index is 0. The van der Waals surface area contributed by atoms with Gasteiger partial charge >= 0.3 is 37.7 Å². The van der Waals surface area contributed by atoms with Crippen molar-refractivity contribution in [1.29, 1.82) is 0 Å². The maximum absolute atomic E-state index is 8.93. The molecular formula is C3H6CaO4. The SMILES string of the molecule is CC[O-].O=C([O-])O.[Ca+2]. The van der Waals surface area contributed by atoms with Gasteiger partial charge in [-0.3, -0.25) is 0 Å². The fraction of sp³-hybridized carbons (Fsp3) is 0.667. The maximum atomic E-state index is 8.93. The van der Waals surface area contributed by atoms with E-state index >= 15 is 0 Å². The van der Waals surface area contributed by atoms with Crippen LogP contribution in [0.5, 0.6) is 0 Å². The minimum atomic E-state index is -2.08. The molecule has 0 spiro atoms. The van der Waals surface area contributed by atoms with Crippen molar-refractivity contribution < 1.29 is 20.1 Å². The fourth-order valence-electron chi connectivity index (χ4n) is 0. The van der Waals surface area contributed by atoms with Crippen LogP contribution in [-0.2, 0) is 0 Å². The second-order valence-electron chi connectivity index (χ2n) is 0.555. The van der Waals surface area contributed by atoms with E-state index in [1.54, 1.807) is 6.92 Å². The van der Waals surface area contributed by atoms with Crippen LogP contribution in [0.1, 0.15) is 6.92 Å². The minimum Gasteiger partial charge on any atom is -0.855 e. The van der Waals surface area contributed by atoms with E-state index in [1.807, 2.05) is 0 Å². The molecule has 0 saturated carbocycles. The van der Waals surface area contributed by atoms with Crippen molar-refractivity contribution in [1.82, 2.24) is 0 Å². The largest absolute Gasteiger partial charge is 2.00 e. The summed E-state index contributed by atoms with van der Waals surface area (Å²) in [5.41, 5.74) is 0. The number of rotatable bonds is 0. The van der Waals surface area contributed by atoms with Gasteiger partial charge in [0.15, 0.2) is 0 Å². The maximum Gasteiger partial charge on any atom is 2.00 e. The molecule has 4 nitrogen and oxygen atoms in total. The monoisotopic (exact) mass is 146 g/mol. The van der Waals surface area contributed by atoms with Crippen LogP contribution in [-0.4, -0.2) is 55.6 Å². The predicted octanol–water partition coefficient (Wildman–Crippen LogP) is -2.13. The second kappa shape index (κ2) is 15.6. The Hall–Kier alpha value is 0.490. The van der Waals surface area contributed by atoms with Crippen molar-refractivity contribution in [2.75, 3.05) is 6.61 Å². The van der Waals surface area contributed by atoms with Crippen LogP contribution in [0.4, 0.5) is 4.79 Å². The van der Waals surface area contributed by atoms with Gasteiger partial charge < -0.3 is 20.1 Å². The first-order valence-electron chi connectivity index (χ1n) is 1.63. The third-order valence-electron chi connectivity index (χ3n) is 0. The van der Waals surface area contributed by atoms with Gasteiger partial charge in [-0.2, -0.15) is 0 Å². The topological polar surface area (TPSA) is 83.4 Å². The van der Waals surface area contributed by atoms with E-state index in [0.29, 0.717) is 0 Å². The first-order valence-corrected chi connectivity index (χ1v) is 1.63. The zero-order valence-corrected chi connectivity index (χ0v) is 6.79.